The van der Waals surface area contributed by atoms with E-state index in [4.69, 9.17) is 22.3 Å². The maximum absolute atomic E-state index is 14.5. The summed E-state index contributed by atoms with van der Waals surface area (Å²) in [5.74, 6) is -9.30. The van der Waals surface area contributed by atoms with E-state index in [1.54, 1.807) is 30.3 Å². The smallest absolute Gasteiger partial charge is 0.326 e. The number of aromatic hydroxyl groups is 1. The highest BCUT2D eigenvalue weighted by atomic mass is 32.1. The second-order valence-corrected chi connectivity index (χ2v) is 19.6. The summed E-state index contributed by atoms with van der Waals surface area (Å²) in [6.45, 7) is 3.18. The number of thiol groups is 2. The Hall–Kier alpha value is -7.39. The molecule has 8 atom stereocenters. The standard InChI is InChI=1S/C47H65N13O12S2/c1-47(2,74)37(43(69)56-32(20-27-22-51-24-53-27)44(70)60-17-7-11-35(60)42(68)57-33(45(71)72)19-25-8-4-3-5-9-25)59-40(66)31(18-26-12-14-28(61)15-13-26)55-41(67)34(23-73)58-39(65)30(10-6-16-52-46(49)50)54-38(64)29(48)21-36(62)63/h3-5,8-9,12-15,22,24,29-35,37,61,73-74H,6-7,10-11,16-21,23,48H2,1-2H3,(H,51,53)(H,54,64)(H,55,67)(H,56,69)(H,57,68)(H,58,65)(H,59,66)(H,62,63)(H,71,72)(H4,49,50,52)/t29-,30-,31-,32-,33-,34-,35-,37-/m0/s1. The molecule has 27 heteroatoms. The normalized spacial score (nSPS) is 16.1. The minimum atomic E-state index is -1.53. The first-order valence-corrected chi connectivity index (χ1v) is 24.6. The number of aromatic nitrogens is 2. The molecule has 3 aromatic rings. The van der Waals surface area contributed by atoms with Gasteiger partial charge in [-0.1, -0.05) is 42.5 Å². The predicted octanol–water partition coefficient (Wildman–Crippen LogP) is -2.38. The fraction of sp³-hybridized carbons (Fsp3) is 0.468. The number of phenolic OH excluding ortho intramolecular Hbond substituents is 1. The molecular formula is C47H65N13O12S2. The SMILES string of the molecule is CC(C)(S)[C@@H](NC(=O)[C@H](Cc1ccc(O)cc1)NC(=O)[C@H](CS)NC(=O)[C@H](CCCN=C(N)N)NC(=O)[C@@H](N)CC(=O)O)C(=O)N[C@@H](Cc1cnc[nH]1)C(=O)N1CCC[C@H]1C(=O)N[C@@H](Cc1ccccc1)C(=O)O. The van der Waals surface area contributed by atoms with Gasteiger partial charge in [0.2, 0.25) is 41.4 Å². The number of H-pyrrole nitrogens is 1. The maximum Gasteiger partial charge on any atom is 0.326 e. The van der Waals surface area contributed by atoms with Crippen LogP contribution < -0.4 is 49.1 Å². The van der Waals surface area contributed by atoms with Gasteiger partial charge in [0.25, 0.3) is 0 Å². The van der Waals surface area contributed by atoms with Crippen LogP contribution in [-0.4, -0.2) is 161 Å². The minimum absolute atomic E-state index is 0.0146. The summed E-state index contributed by atoms with van der Waals surface area (Å²) in [5, 5.41) is 44.5. The van der Waals surface area contributed by atoms with E-state index in [-0.39, 0.29) is 69.1 Å². The van der Waals surface area contributed by atoms with E-state index in [1.165, 1.54) is 55.5 Å². The lowest BCUT2D eigenvalue weighted by molar-refractivity contribution is -0.145. The number of hydrogen-bond acceptors (Lipinski definition) is 15. The number of aromatic amines is 1. The number of carbonyl (C=O) groups excluding carboxylic acids is 7. The van der Waals surface area contributed by atoms with E-state index in [0.717, 1.165) is 0 Å². The number of carboxylic acids is 2. The third kappa shape index (κ3) is 18.6. The van der Waals surface area contributed by atoms with Crippen molar-refractivity contribution in [1.82, 2.24) is 46.8 Å². The molecule has 0 unspecified atom stereocenters. The van der Waals surface area contributed by atoms with E-state index < -0.39 is 113 Å². The van der Waals surface area contributed by atoms with Gasteiger partial charge < -0.3 is 74.3 Å². The Kier molecular flexibility index (Phi) is 22.5. The van der Waals surface area contributed by atoms with Crippen LogP contribution in [-0.2, 0) is 62.4 Å². The number of guanidine groups is 1. The summed E-state index contributed by atoms with van der Waals surface area (Å²) < 4.78 is -1.37. The number of aliphatic imine (C=N–C) groups is 1. The second kappa shape index (κ2) is 28.2. The summed E-state index contributed by atoms with van der Waals surface area (Å²) in [5.41, 5.74) is 18.1. The van der Waals surface area contributed by atoms with Crippen molar-refractivity contribution in [2.24, 2.45) is 22.2 Å². The van der Waals surface area contributed by atoms with Crippen LogP contribution in [0.1, 0.15) is 62.8 Å². The van der Waals surface area contributed by atoms with Gasteiger partial charge in [0.15, 0.2) is 5.96 Å². The Morgan fingerprint density at radius 3 is 1.97 bits per heavy atom. The fourth-order valence-electron chi connectivity index (χ4n) is 7.85. The average Bonchev–Trinajstić information content (AvgIpc) is 4.06. The zero-order chi connectivity index (χ0) is 54.7. The van der Waals surface area contributed by atoms with Crippen LogP contribution in [0.3, 0.4) is 0 Å². The molecular weight excluding hydrogens is 1000 g/mol. The van der Waals surface area contributed by atoms with Crippen LogP contribution in [0.15, 0.2) is 72.1 Å². The number of nitrogens with zero attached hydrogens (tertiary/aromatic N) is 3. The Balaban J connectivity index is 1.57. The van der Waals surface area contributed by atoms with Crippen molar-refractivity contribution in [2.75, 3.05) is 18.8 Å². The van der Waals surface area contributed by atoms with Crippen LogP contribution in [0.2, 0.25) is 0 Å². The number of nitrogens with one attached hydrogen (secondary N) is 7. The topological polar surface area (TPSA) is 409 Å². The predicted molar refractivity (Wildman–Crippen MR) is 275 cm³/mol. The van der Waals surface area contributed by atoms with Crippen molar-refractivity contribution in [2.45, 2.75) is 118 Å². The molecule has 0 aliphatic carbocycles. The van der Waals surface area contributed by atoms with Crippen LogP contribution in [0.25, 0.3) is 0 Å². The van der Waals surface area contributed by atoms with Crippen LogP contribution in [0.4, 0.5) is 0 Å². The summed E-state index contributed by atoms with van der Waals surface area (Å²) in [7, 11) is 0. The van der Waals surface area contributed by atoms with Crippen LogP contribution in [0.5, 0.6) is 5.75 Å². The number of hydrogen-bond donors (Lipinski definition) is 15. The number of rotatable bonds is 28. The van der Waals surface area contributed by atoms with Gasteiger partial charge in [-0.05, 0) is 62.8 Å². The van der Waals surface area contributed by atoms with E-state index in [1.807, 2.05) is 0 Å². The molecule has 1 aromatic heterocycles. The lowest BCUT2D eigenvalue weighted by Gasteiger charge is -2.34. The summed E-state index contributed by atoms with van der Waals surface area (Å²) in [6.07, 6.45) is 2.31. The zero-order valence-electron chi connectivity index (χ0n) is 40.7. The first-order chi connectivity index (χ1) is 35.0. The minimum Gasteiger partial charge on any atom is -0.508 e. The Morgan fingerprint density at radius 1 is 0.784 bits per heavy atom. The van der Waals surface area contributed by atoms with Gasteiger partial charge in [0.1, 0.15) is 48.0 Å². The number of aliphatic carboxylic acids is 2. The third-order valence-corrected chi connectivity index (χ3v) is 12.3. The van der Waals surface area contributed by atoms with Crippen molar-refractivity contribution in [3.05, 3.63) is 83.9 Å². The number of phenols is 1. The number of imidazole rings is 1. The average molecular weight is 1070 g/mol. The summed E-state index contributed by atoms with van der Waals surface area (Å²) in [4.78, 5) is 133. The zero-order valence-corrected chi connectivity index (χ0v) is 42.5. The number of carbonyl (C=O) groups is 9. The molecule has 402 valence electrons. The van der Waals surface area contributed by atoms with Gasteiger partial charge in [-0.15, -0.1) is 0 Å². The van der Waals surface area contributed by atoms with Crippen molar-refractivity contribution in [3.63, 3.8) is 0 Å². The second-order valence-electron chi connectivity index (χ2n) is 18.1. The van der Waals surface area contributed by atoms with E-state index in [0.29, 0.717) is 23.2 Å². The quantitative estimate of drug-likeness (QED) is 0.0156. The molecule has 0 spiro atoms. The van der Waals surface area contributed by atoms with Crippen molar-refractivity contribution < 1.29 is 58.5 Å². The van der Waals surface area contributed by atoms with Gasteiger partial charge in [0, 0.05) is 54.7 Å². The Morgan fingerprint density at radius 2 is 1.38 bits per heavy atom. The number of carboxylic acid groups (broad SMARTS) is 2. The largest absolute Gasteiger partial charge is 0.508 e. The molecule has 0 radical (unpaired) electrons. The fourth-order valence-corrected chi connectivity index (χ4v) is 8.28. The van der Waals surface area contributed by atoms with E-state index in [9.17, 15) is 53.4 Å². The van der Waals surface area contributed by atoms with Crippen LogP contribution >= 0.6 is 25.3 Å². The Bertz CT molecular complexity index is 2460. The van der Waals surface area contributed by atoms with E-state index >= 15 is 0 Å². The molecule has 74 heavy (non-hydrogen) atoms. The van der Waals surface area contributed by atoms with Crippen molar-refractivity contribution in [3.8, 4) is 5.75 Å². The lowest BCUT2D eigenvalue weighted by Crippen LogP contribution is -2.63. The highest BCUT2D eigenvalue weighted by molar-refractivity contribution is 7.81. The van der Waals surface area contributed by atoms with Gasteiger partial charge in [-0.2, -0.15) is 25.3 Å². The maximum atomic E-state index is 14.5. The molecule has 7 amide bonds. The molecule has 0 saturated carbocycles. The van der Waals surface area contributed by atoms with Crippen molar-refractivity contribution >= 4 is 84.5 Å². The molecule has 1 fully saturated rings. The molecule has 2 aromatic carbocycles. The molecule has 0 bridgehead atoms. The van der Waals surface area contributed by atoms with Crippen LogP contribution in [0, 0.1) is 0 Å². The number of amides is 7. The molecule has 1 aliphatic rings. The van der Waals surface area contributed by atoms with Crippen molar-refractivity contribution in [1.29, 1.82) is 0 Å². The van der Waals surface area contributed by atoms with Gasteiger partial charge >= 0.3 is 11.9 Å². The molecule has 2 heterocycles. The molecule has 4 rings (SSSR count). The molecule has 25 nitrogen and oxygen atoms in total. The first-order valence-electron chi connectivity index (χ1n) is 23.5. The number of benzene rings is 2. The number of likely N-dealkylation sites (tertiary alicyclic amines) is 1. The monoisotopic (exact) mass is 1070 g/mol. The summed E-state index contributed by atoms with van der Waals surface area (Å²) >= 11 is 8.89. The van der Waals surface area contributed by atoms with Gasteiger partial charge in [0.05, 0.1) is 18.8 Å². The Labute approximate surface area is 437 Å². The van der Waals surface area contributed by atoms with Gasteiger partial charge in [-0.25, -0.2) is 9.78 Å². The first kappa shape index (κ1) is 59.2. The highest BCUT2D eigenvalue weighted by Crippen LogP contribution is 2.23. The summed E-state index contributed by atoms with van der Waals surface area (Å²) in [6, 6.07) is 3.22. The van der Waals surface area contributed by atoms with E-state index in [2.05, 4.69) is 72.1 Å². The van der Waals surface area contributed by atoms with Gasteiger partial charge in [-0.3, -0.25) is 43.3 Å². The molecule has 1 saturated heterocycles. The third-order valence-electron chi connectivity index (χ3n) is 11.7. The molecule has 1 aliphatic heterocycles. The lowest BCUT2D eigenvalue weighted by atomic mass is 9.99. The highest BCUT2D eigenvalue weighted by Gasteiger charge is 2.42. The molecule has 16 N–H and O–H groups in total. The number of nitrogens with two attached hydrogens (primary N) is 3.